The number of imide groups is 1. The zero-order valence-electron chi connectivity index (χ0n) is 16.3. The Hall–Kier alpha value is -3.90. The van der Waals surface area contributed by atoms with E-state index in [0.29, 0.717) is 16.9 Å². The van der Waals surface area contributed by atoms with Crippen molar-refractivity contribution in [1.82, 2.24) is 15.5 Å². The SMILES string of the molecule is O=C1NC(=O)C(CN2Cc3ccc(OCC#CCO)cc3C2=O)(c2ccc(F)cc2)N1. The Morgan fingerprint density at radius 3 is 2.58 bits per heavy atom. The largest absolute Gasteiger partial charge is 0.481 e. The summed E-state index contributed by atoms with van der Waals surface area (Å²) in [5.74, 6) is 4.12. The van der Waals surface area contributed by atoms with E-state index >= 15 is 0 Å². The molecular weight excluding hydrogens is 405 g/mol. The number of hydrogen-bond acceptors (Lipinski definition) is 5. The first-order valence-electron chi connectivity index (χ1n) is 9.44. The molecule has 31 heavy (non-hydrogen) atoms. The van der Waals surface area contributed by atoms with Gasteiger partial charge in [-0.3, -0.25) is 14.9 Å². The molecule has 2 heterocycles. The molecule has 2 aliphatic rings. The Kier molecular flexibility index (Phi) is 5.31. The number of aliphatic hydroxyl groups is 1. The maximum atomic E-state index is 13.4. The van der Waals surface area contributed by atoms with Gasteiger partial charge in [-0.05, 0) is 35.4 Å². The van der Waals surface area contributed by atoms with Crippen LogP contribution in [0.5, 0.6) is 5.75 Å². The van der Waals surface area contributed by atoms with Crippen LogP contribution in [0.15, 0.2) is 42.5 Å². The molecule has 0 bridgehead atoms. The number of halogens is 1. The first kappa shape index (κ1) is 20.4. The number of nitrogens with one attached hydrogen (secondary N) is 2. The molecule has 3 N–H and O–H groups in total. The van der Waals surface area contributed by atoms with Crippen LogP contribution >= 0.6 is 0 Å². The second kappa shape index (κ2) is 8.08. The molecule has 0 aromatic heterocycles. The summed E-state index contributed by atoms with van der Waals surface area (Å²) in [6.45, 7) is -0.0786. The van der Waals surface area contributed by atoms with E-state index in [0.717, 1.165) is 5.56 Å². The second-order valence-corrected chi connectivity index (χ2v) is 7.10. The minimum Gasteiger partial charge on any atom is -0.481 e. The maximum absolute atomic E-state index is 13.4. The van der Waals surface area contributed by atoms with Crippen molar-refractivity contribution in [1.29, 1.82) is 0 Å². The molecule has 0 saturated carbocycles. The second-order valence-electron chi connectivity index (χ2n) is 7.10. The number of benzene rings is 2. The van der Waals surface area contributed by atoms with Gasteiger partial charge in [-0.1, -0.05) is 30.0 Å². The molecule has 1 unspecified atom stereocenters. The molecule has 9 heteroatoms. The van der Waals surface area contributed by atoms with E-state index in [4.69, 9.17) is 9.84 Å². The topological polar surface area (TPSA) is 108 Å². The molecule has 1 atom stereocenters. The normalized spacial score (nSPS) is 19.4. The zero-order valence-corrected chi connectivity index (χ0v) is 16.3. The van der Waals surface area contributed by atoms with Crippen LogP contribution in [0, 0.1) is 17.7 Å². The van der Waals surface area contributed by atoms with Crippen LogP contribution in [0.3, 0.4) is 0 Å². The number of hydrogen-bond donors (Lipinski definition) is 3. The third-order valence-electron chi connectivity index (χ3n) is 5.18. The van der Waals surface area contributed by atoms with Crippen molar-refractivity contribution < 1.29 is 28.6 Å². The van der Waals surface area contributed by atoms with Crippen LogP contribution in [0.1, 0.15) is 21.5 Å². The molecular formula is C22H18FN3O5. The first-order valence-corrected chi connectivity index (χ1v) is 9.44. The summed E-state index contributed by atoms with van der Waals surface area (Å²) in [5.41, 5.74) is 0.0127. The predicted molar refractivity (Wildman–Crippen MR) is 106 cm³/mol. The number of amides is 4. The Bertz CT molecular complexity index is 1120. The van der Waals surface area contributed by atoms with Crippen LogP contribution in [0.4, 0.5) is 9.18 Å². The molecule has 8 nitrogen and oxygen atoms in total. The molecule has 158 valence electrons. The lowest BCUT2D eigenvalue weighted by Gasteiger charge is -2.31. The van der Waals surface area contributed by atoms with Gasteiger partial charge in [0.05, 0.1) is 6.54 Å². The van der Waals surface area contributed by atoms with Crippen molar-refractivity contribution >= 4 is 17.8 Å². The number of carbonyl (C=O) groups excluding carboxylic acids is 3. The van der Waals surface area contributed by atoms with Crippen LogP contribution in [-0.4, -0.2) is 47.6 Å². The number of nitrogens with zero attached hydrogens (tertiary/aromatic N) is 1. The Balaban J connectivity index is 1.58. The number of fused-ring (bicyclic) bond motifs is 1. The van der Waals surface area contributed by atoms with E-state index < -0.39 is 23.3 Å². The number of carbonyl (C=O) groups is 3. The maximum Gasteiger partial charge on any atom is 0.322 e. The van der Waals surface area contributed by atoms with Gasteiger partial charge in [0.25, 0.3) is 11.8 Å². The van der Waals surface area contributed by atoms with E-state index in [2.05, 4.69) is 22.5 Å². The average molecular weight is 423 g/mol. The molecule has 4 rings (SSSR count). The van der Waals surface area contributed by atoms with E-state index in [1.807, 2.05) is 0 Å². The van der Waals surface area contributed by atoms with Crippen molar-refractivity contribution in [2.24, 2.45) is 0 Å². The van der Waals surface area contributed by atoms with Gasteiger partial charge in [0.15, 0.2) is 5.54 Å². The summed E-state index contributed by atoms with van der Waals surface area (Å²) in [7, 11) is 0. The lowest BCUT2D eigenvalue weighted by molar-refractivity contribution is -0.124. The lowest BCUT2D eigenvalue weighted by atomic mass is 9.89. The van der Waals surface area contributed by atoms with E-state index in [1.54, 1.807) is 18.2 Å². The van der Waals surface area contributed by atoms with Gasteiger partial charge >= 0.3 is 6.03 Å². The molecule has 0 spiro atoms. The summed E-state index contributed by atoms with van der Waals surface area (Å²) in [6.07, 6.45) is 0. The van der Waals surface area contributed by atoms with Crippen molar-refractivity contribution in [3.05, 3.63) is 65.0 Å². The van der Waals surface area contributed by atoms with E-state index in [1.165, 1.54) is 29.2 Å². The number of aliphatic hydroxyl groups excluding tert-OH is 1. The zero-order chi connectivity index (χ0) is 22.0. The number of ether oxygens (including phenoxy) is 1. The third kappa shape index (κ3) is 3.81. The molecule has 2 aliphatic heterocycles. The van der Waals surface area contributed by atoms with Gasteiger partial charge in [-0.2, -0.15) is 0 Å². The minimum atomic E-state index is -1.53. The van der Waals surface area contributed by atoms with Gasteiger partial charge in [0.1, 0.15) is 24.8 Å². The predicted octanol–water partition coefficient (Wildman–Crippen LogP) is 0.891. The Morgan fingerprint density at radius 2 is 1.90 bits per heavy atom. The summed E-state index contributed by atoms with van der Waals surface area (Å²) in [5, 5.41) is 13.5. The highest BCUT2D eigenvalue weighted by Gasteiger charge is 2.50. The van der Waals surface area contributed by atoms with Gasteiger partial charge in [-0.15, -0.1) is 0 Å². The molecule has 2 aromatic rings. The van der Waals surface area contributed by atoms with Crippen molar-refractivity contribution in [3.63, 3.8) is 0 Å². The van der Waals surface area contributed by atoms with E-state index in [9.17, 15) is 18.8 Å². The molecule has 2 aromatic carbocycles. The number of urea groups is 1. The van der Waals surface area contributed by atoms with Crippen LogP contribution in [0.25, 0.3) is 0 Å². The highest BCUT2D eigenvalue weighted by molar-refractivity contribution is 6.08. The first-order chi connectivity index (χ1) is 14.9. The van der Waals surface area contributed by atoms with Gasteiger partial charge in [0, 0.05) is 12.1 Å². The molecule has 0 radical (unpaired) electrons. The number of rotatable bonds is 5. The fourth-order valence-electron chi connectivity index (χ4n) is 3.70. The smallest absolute Gasteiger partial charge is 0.322 e. The van der Waals surface area contributed by atoms with Crippen LogP contribution < -0.4 is 15.4 Å². The van der Waals surface area contributed by atoms with Crippen molar-refractivity contribution in [3.8, 4) is 17.6 Å². The van der Waals surface area contributed by atoms with E-state index in [-0.39, 0.29) is 32.2 Å². The fraction of sp³-hybridized carbons (Fsp3) is 0.227. The minimum absolute atomic E-state index is 0.0666. The summed E-state index contributed by atoms with van der Waals surface area (Å²) in [6, 6.07) is 9.57. The van der Waals surface area contributed by atoms with Crippen molar-refractivity contribution in [2.45, 2.75) is 12.1 Å². The molecule has 4 amide bonds. The third-order valence-corrected chi connectivity index (χ3v) is 5.18. The summed E-state index contributed by atoms with van der Waals surface area (Å²) < 4.78 is 18.9. The lowest BCUT2D eigenvalue weighted by Crippen LogP contribution is -2.52. The average Bonchev–Trinajstić information content (AvgIpc) is 3.21. The van der Waals surface area contributed by atoms with Gasteiger partial charge in [-0.25, -0.2) is 9.18 Å². The molecule has 0 aliphatic carbocycles. The van der Waals surface area contributed by atoms with Crippen LogP contribution in [0.2, 0.25) is 0 Å². The fourth-order valence-corrected chi connectivity index (χ4v) is 3.70. The highest BCUT2D eigenvalue weighted by atomic mass is 19.1. The van der Waals surface area contributed by atoms with Crippen molar-refractivity contribution in [2.75, 3.05) is 19.8 Å². The Morgan fingerprint density at radius 1 is 1.13 bits per heavy atom. The van der Waals surface area contributed by atoms with Gasteiger partial charge in [0.2, 0.25) is 0 Å². The highest BCUT2D eigenvalue weighted by Crippen LogP contribution is 2.32. The van der Waals surface area contributed by atoms with Gasteiger partial charge < -0.3 is 20.1 Å². The standard InChI is InChI=1S/C22H18FN3O5/c23-16-6-4-15(5-7-16)22(20(29)24-21(30)25-22)13-26-12-14-3-8-17(11-18(14)19(26)28)31-10-2-1-9-27/h3-8,11,27H,9-10,12-13H2,(H2,24,25,29,30). The molecule has 1 fully saturated rings. The quantitative estimate of drug-likeness (QED) is 0.489. The summed E-state index contributed by atoms with van der Waals surface area (Å²) >= 11 is 0. The molecule has 1 saturated heterocycles. The Labute approximate surface area is 177 Å². The van der Waals surface area contributed by atoms with Crippen LogP contribution in [-0.2, 0) is 16.9 Å². The summed E-state index contributed by atoms with van der Waals surface area (Å²) in [4.78, 5) is 39.1. The monoisotopic (exact) mass is 423 g/mol.